The van der Waals surface area contributed by atoms with Gasteiger partial charge < -0.3 is 15.7 Å². The summed E-state index contributed by atoms with van der Waals surface area (Å²) < 4.78 is 0. The Bertz CT molecular complexity index is 3010. The molecule has 57 heavy (non-hydrogen) atoms. The van der Waals surface area contributed by atoms with Crippen molar-refractivity contribution in [3.63, 3.8) is 0 Å². The van der Waals surface area contributed by atoms with Crippen molar-refractivity contribution in [2.45, 2.75) is 0 Å². The standard InChI is InChI=1S/C44H23Cl8N5/c45-20-5-1-6-21(46)36(20)40-29-13-14-30(54-29)41(37-22(47)7-2-8-23(37)48)32-17-18-34(56-32)43(39-26(51)11-4-12-27(39)52)44-28(53)19-35(57-44)42(33-16-15-31(40)55-33)38-24(49)9-3-10-25(38)50/h1-19,55-56H,53H2. The number of aromatic nitrogens is 4. The second kappa shape index (κ2) is 15.1. The SMILES string of the molecule is NC1=Cc2nc1c(-c1c(Cl)cccc1Cl)c1ccc([nH]1)c(-c1c(Cl)cccc1Cl)c1nc(c(-c3c(Cl)cccc3Cl)c3ccc([nH]3)c2-c2c(Cl)cccc2Cl)C=C1. The Balaban J connectivity index is 1.56. The Morgan fingerprint density at radius 3 is 1.00 bits per heavy atom. The van der Waals surface area contributed by atoms with Gasteiger partial charge in [-0.15, -0.1) is 0 Å². The highest BCUT2D eigenvalue weighted by atomic mass is 35.5. The number of nitrogens with one attached hydrogen (secondary N) is 2. The molecule has 0 saturated carbocycles. The van der Waals surface area contributed by atoms with E-state index in [9.17, 15) is 0 Å². The first kappa shape index (κ1) is 38.1. The molecule has 0 fully saturated rings. The molecule has 3 aromatic heterocycles. The van der Waals surface area contributed by atoms with E-state index in [4.69, 9.17) is 109 Å². The van der Waals surface area contributed by atoms with Gasteiger partial charge in [0, 0.05) is 66.6 Å². The predicted octanol–water partition coefficient (Wildman–Crippen LogP) is 15.8. The maximum Gasteiger partial charge on any atom is 0.0967 e. The predicted molar refractivity (Wildman–Crippen MR) is 244 cm³/mol. The smallest absolute Gasteiger partial charge is 0.0967 e. The molecule has 8 bridgehead atoms. The second-order valence-corrected chi connectivity index (χ2v) is 16.4. The zero-order valence-electron chi connectivity index (χ0n) is 29.0. The van der Waals surface area contributed by atoms with Crippen molar-refractivity contribution in [3.8, 4) is 44.5 Å². The molecule has 9 rings (SSSR count). The van der Waals surface area contributed by atoms with Gasteiger partial charge in [-0.3, -0.25) is 0 Å². The summed E-state index contributed by atoms with van der Waals surface area (Å²) >= 11 is 55.6. The van der Waals surface area contributed by atoms with Gasteiger partial charge in [-0.2, -0.15) is 0 Å². The Morgan fingerprint density at radius 2 is 0.649 bits per heavy atom. The van der Waals surface area contributed by atoms with Crippen molar-refractivity contribution in [2.24, 2.45) is 5.73 Å². The van der Waals surface area contributed by atoms with Crippen LogP contribution in [0.4, 0.5) is 0 Å². The molecule has 13 heteroatoms. The fourth-order valence-corrected chi connectivity index (χ4v) is 9.65. The number of aromatic amines is 2. The minimum atomic E-state index is 0.347. The van der Waals surface area contributed by atoms with Crippen molar-refractivity contribution < 1.29 is 0 Å². The summed E-state index contributed by atoms with van der Waals surface area (Å²) in [6.07, 6.45) is 5.58. The molecule has 4 aromatic carbocycles. The average molecular weight is 905 g/mol. The molecule has 0 amide bonds. The van der Waals surface area contributed by atoms with Gasteiger partial charge in [-0.1, -0.05) is 117 Å². The van der Waals surface area contributed by atoms with Crippen LogP contribution in [0.15, 0.2) is 97.1 Å². The topological polar surface area (TPSA) is 83.4 Å². The highest BCUT2D eigenvalue weighted by Gasteiger charge is 2.26. The first-order chi connectivity index (χ1) is 27.5. The number of hydrogen-bond acceptors (Lipinski definition) is 3. The van der Waals surface area contributed by atoms with Crippen LogP contribution >= 0.6 is 92.8 Å². The first-order valence-electron chi connectivity index (χ1n) is 17.2. The molecular formula is C44H23Cl8N5. The highest BCUT2D eigenvalue weighted by molar-refractivity contribution is 6.42. The fraction of sp³-hybridized carbons (Fsp3) is 0. The van der Waals surface area contributed by atoms with Crippen LogP contribution in [0, 0.1) is 0 Å². The largest absolute Gasteiger partial charge is 0.397 e. The van der Waals surface area contributed by atoms with Crippen molar-refractivity contribution in [1.82, 2.24) is 19.9 Å². The summed E-state index contributed by atoms with van der Waals surface area (Å²) in [5, 5.41) is 3.28. The minimum Gasteiger partial charge on any atom is -0.397 e. The van der Waals surface area contributed by atoms with Gasteiger partial charge in [0.2, 0.25) is 0 Å². The van der Waals surface area contributed by atoms with Gasteiger partial charge in [0.15, 0.2) is 0 Å². The maximum absolute atomic E-state index is 6.96. The minimum absolute atomic E-state index is 0.347. The van der Waals surface area contributed by atoms with Crippen LogP contribution in [0.5, 0.6) is 0 Å². The molecule has 5 nitrogen and oxygen atoms in total. The van der Waals surface area contributed by atoms with Crippen LogP contribution in [0.2, 0.25) is 40.2 Å². The van der Waals surface area contributed by atoms with Gasteiger partial charge in [0.05, 0.1) is 68.7 Å². The van der Waals surface area contributed by atoms with E-state index >= 15 is 0 Å². The zero-order chi connectivity index (χ0) is 39.7. The van der Waals surface area contributed by atoms with Crippen LogP contribution in [-0.2, 0) is 0 Å². The monoisotopic (exact) mass is 901 g/mol. The molecule has 0 atom stereocenters. The third-order valence-corrected chi connectivity index (χ3v) is 12.3. The molecule has 5 heterocycles. The summed E-state index contributed by atoms with van der Waals surface area (Å²) in [5.74, 6) is 0. The molecule has 0 spiro atoms. The summed E-state index contributed by atoms with van der Waals surface area (Å²) in [7, 11) is 0. The third kappa shape index (κ3) is 6.61. The van der Waals surface area contributed by atoms with Crippen molar-refractivity contribution in [2.75, 3.05) is 0 Å². The van der Waals surface area contributed by atoms with Crippen molar-refractivity contribution in [3.05, 3.63) is 160 Å². The Labute approximate surface area is 366 Å². The van der Waals surface area contributed by atoms with Gasteiger partial charge in [-0.05, 0) is 91.0 Å². The number of benzene rings is 4. The molecule has 4 N–H and O–H groups in total. The Hall–Kier alpha value is -4.40. The number of H-pyrrole nitrogens is 2. The molecule has 0 aliphatic carbocycles. The van der Waals surface area contributed by atoms with Crippen molar-refractivity contribution >= 4 is 139 Å². The number of nitrogens with zero attached hydrogens (tertiary/aromatic N) is 2. The van der Waals surface area contributed by atoms with E-state index in [1.54, 1.807) is 78.9 Å². The van der Waals surface area contributed by atoms with Crippen LogP contribution < -0.4 is 5.73 Å². The molecule has 0 unspecified atom stereocenters. The quantitative estimate of drug-likeness (QED) is 0.164. The summed E-state index contributed by atoms with van der Waals surface area (Å²) in [6, 6.07) is 28.9. The van der Waals surface area contributed by atoms with Crippen LogP contribution in [0.25, 0.3) is 90.5 Å². The lowest BCUT2D eigenvalue weighted by Gasteiger charge is -2.11. The maximum atomic E-state index is 6.96. The van der Waals surface area contributed by atoms with E-state index in [2.05, 4.69) is 9.97 Å². The Kier molecular flexibility index (Phi) is 10.1. The van der Waals surface area contributed by atoms with Crippen LogP contribution in [-0.4, -0.2) is 19.9 Å². The van der Waals surface area contributed by atoms with E-state index in [-0.39, 0.29) is 0 Å². The molecule has 2 aliphatic rings. The van der Waals surface area contributed by atoms with E-state index in [1.165, 1.54) is 0 Å². The summed E-state index contributed by atoms with van der Waals surface area (Å²) in [4.78, 5) is 17.7. The lowest BCUT2D eigenvalue weighted by Crippen LogP contribution is -1.97. The Morgan fingerprint density at radius 1 is 0.351 bits per heavy atom. The average Bonchev–Trinajstić information content (AvgIpc) is 4.00. The normalized spacial score (nSPS) is 12.3. The number of halogens is 8. The summed E-state index contributed by atoms with van der Waals surface area (Å²) in [5.41, 5.74) is 16.4. The molecule has 0 radical (unpaired) electrons. The van der Waals surface area contributed by atoms with E-state index in [0.717, 1.165) is 0 Å². The lowest BCUT2D eigenvalue weighted by atomic mass is 10.0. The number of nitrogens with two attached hydrogens (primary N) is 1. The molecule has 280 valence electrons. The third-order valence-electron chi connectivity index (χ3n) is 9.74. The molecular weight excluding hydrogens is 882 g/mol. The molecule has 0 saturated heterocycles. The van der Waals surface area contributed by atoms with E-state index in [0.29, 0.717) is 135 Å². The van der Waals surface area contributed by atoms with Gasteiger partial charge in [0.25, 0.3) is 0 Å². The van der Waals surface area contributed by atoms with E-state index < -0.39 is 0 Å². The number of hydrogen-bond donors (Lipinski definition) is 3. The fourth-order valence-electron chi connectivity index (χ4n) is 7.30. The van der Waals surface area contributed by atoms with Crippen LogP contribution in [0.1, 0.15) is 22.8 Å². The van der Waals surface area contributed by atoms with Gasteiger partial charge >= 0.3 is 0 Å². The zero-order valence-corrected chi connectivity index (χ0v) is 35.0. The van der Waals surface area contributed by atoms with E-state index in [1.807, 2.05) is 36.4 Å². The van der Waals surface area contributed by atoms with Gasteiger partial charge in [-0.25, -0.2) is 9.97 Å². The highest BCUT2D eigenvalue weighted by Crippen LogP contribution is 2.47. The number of fused-ring (bicyclic) bond motifs is 8. The molecule has 2 aliphatic heterocycles. The number of rotatable bonds is 4. The van der Waals surface area contributed by atoms with Crippen LogP contribution in [0.3, 0.4) is 0 Å². The second-order valence-electron chi connectivity index (χ2n) is 13.1. The van der Waals surface area contributed by atoms with Gasteiger partial charge in [0.1, 0.15) is 0 Å². The lowest BCUT2D eigenvalue weighted by molar-refractivity contribution is 1.29. The summed E-state index contributed by atoms with van der Waals surface area (Å²) in [6.45, 7) is 0. The van der Waals surface area contributed by atoms with Crippen molar-refractivity contribution in [1.29, 1.82) is 0 Å². The molecule has 7 aromatic rings. The first-order valence-corrected chi connectivity index (χ1v) is 20.3.